The van der Waals surface area contributed by atoms with E-state index in [1.807, 2.05) is 0 Å². The van der Waals surface area contributed by atoms with Gasteiger partial charge >= 0.3 is 11.8 Å². The summed E-state index contributed by atoms with van der Waals surface area (Å²) in [5.74, 6) is -0.475. The summed E-state index contributed by atoms with van der Waals surface area (Å²) >= 11 is 0. The van der Waals surface area contributed by atoms with E-state index in [9.17, 15) is 9.59 Å². The van der Waals surface area contributed by atoms with Gasteiger partial charge in [0.15, 0.2) is 0 Å². The Balaban J connectivity index is 2.70. The van der Waals surface area contributed by atoms with Gasteiger partial charge in [-0.2, -0.15) is 5.10 Å². The monoisotopic (exact) mass is 291 g/mol. The number of nitrogens with one attached hydrogen (secondary N) is 2. The van der Waals surface area contributed by atoms with Crippen molar-refractivity contribution in [2.45, 2.75) is 0 Å². The Bertz CT molecular complexity index is 555. The van der Waals surface area contributed by atoms with Crippen LogP contribution in [0.25, 0.3) is 0 Å². The first-order chi connectivity index (χ1) is 10.1. The van der Waals surface area contributed by atoms with Crippen molar-refractivity contribution in [2.75, 3.05) is 20.8 Å². The smallest absolute Gasteiger partial charge is 0.329 e. The molecule has 0 heterocycles. The van der Waals surface area contributed by atoms with Crippen LogP contribution in [0.1, 0.15) is 5.56 Å². The summed E-state index contributed by atoms with van der Waals surface area (Å²) in [5.41, 5.74) is 2.72. The fourth-order valence-electron chi connectivity index (χ4n) is 1.40. The first-order valence-electron chi connectivity index (χ1n) is 6.06. The molecular formula is C14H17N3O4. The summed E-state index contributed by atoms with van der Waals surface area (Å²) in [4.78, 5) is 22.7. The number of hydrogen-bond donors (Lipinski definition) is 2. The van der Waals surface area contributed by atoms with Crippen LogP contribution in [-0.4, -0.2) is 38.8 Å². The summed E-state index contributed by atoms with van der Waals surface area (Å²) in [6, 6.07) is 5.13. The Kier molecular flexibility index (Phi) is 6.46. The zero-order valence-electron chi connectivity index (χ0n) is 11.9. The number of carbonyl (C=O) groups is 2. The molecule has 0 aliphatic carbocycles. The van der Waals surface area contributed by atoms with E-state index in [1.54, 1.807) is 18.2 Å². The molecule has 1 rings (SSSR count). The zero-order chi connectivity index (χ0) is 15.7. The number of carbonyl (C=O) groups excluding carboxylic acids is 2. The number of benzene rings is 1. The van der Waals surface area contributed by atoms with E-state index in [2.05, 4.69) is 22.4 Å². The molecule has 0 spiro atoms. The lowest BCUT2D eigenvalue weighted by Crippen LogP contribution is -2.37. The summed E-state index contributed by atoms with van der Waals surface area (Å²) < 4.78 is 10.2. The van der Waals surface area contributed by atoms with Gasteiger partial charge in [0.2, 0.25) is 0 Å². The minimum atomic E-state index is -0.866. The summed E-state index contributed by atoms with van der Waals surface area (Å²) in [5, 5.41) is 6.04. The standard InChI is InChI=1S/C14H17N3O4/c1-4-7-15-13(18)14(19)17-16-9-10-8-11(20-2)5-6-12(10)21-3/h4-6,8-9H,1,7H2,2-3H3,(H,15,18)(H,17,19). The molecule has 7 nitrogen and oxygen atoms in total. The number of ether oxygens (including phenoxy) is 2. The fraction of sp³-hybridized carbons (Fsp3) is 0.214. The summed E-state index contributed by atoms with van der Waals surface area (Å²) in [6.07, 6.45) is 2.83. The normalized spacial score (nSPS) is 10.0. The van der Waals surface area contributed by atoms with Crippen molar-refractivity contribution >= 4 is 18.0 Å². The Morgan fingerprint density at radius 2 is 2.05 bits per heavy atom. The number of nitrogens with zero attached hydrogens (tertiary/aromatic N) is 1. The second-order valence-electron chi connectivity index (χ2n) is 3.81. The molecule has 2 N–H and O–H groups in total. The van der Waals surface area contributed by atoms with Crippen molar-refractivity contribution in [3.8, 4) is 11.5 Å². The molecule has 0 atom stereocenters. The summed E-state index contributed by atoms with van der Waals surface area (Å²) in [7, 11) is 3.05. The fourth-order valence-corrected chi connectivity index (χ4v) is 1.40. The van der Waals surface area contributed by atoms with Gasteiger partial charge in [-0.3, -0.25) is 9.59 Å². The highest BCUT2D eigenvalue weighted by molar-refractivity contribution is 6.35. The molecule has 0 aliphatic rings. The van der Waals surface area contributed by atoms with Crippen molar-refractivity contribution in [3.63, 3.8) is 0 Å². The maximum absolute atomic E-state index is 11.4. The molecule has 0 aliphatic heterocycles. The minimum absolute atomic E-state index is 0.208. The van der Waals surface area contributed by atoms with Gasteiger partial charge in [-0.25, -0.2) is 5.43 Å². The number of hydrogen-bond acceptors (Lipinski definition) is 5. The lowest BCUT2D eigenvalue weighted by molar-refractivity contribution is -0.139. The molecule has 0 saturated carbocycles. The van der Waals surface area contributed by atoms with Crippen LogP contribution in [-0.2, 0) is 9.59 Å². The van der Waals surface area contributed by atoms with Crippen molar-refractivity contribution in [1.82, 2.24) is 10.7 Å². The molecular weight excluding hydrogens is 274 g/mol. The van der Waals surface area contributed by atoms with Gasteiger partial charge in [-0.1, -0.05) is 6.08 Å². The number of hydrazone groups is 1. The molecule has 0 fully saturated rings. The third-order valence-electron chi connectivity index (χ3n) is 2.42. The van der Waals surface area contributed by atoms with Crippen molar-refractivity contribution < 1.29 is 19.1 Å². The topological polar surface area (TPSA) is 89.0 Å². The lowest BCUT2D eigenvalue weighted by atomic mass is 10.2. The predicted molar refractivity (Wildman–Crippen MR) is 78.5 cm³/mol. The van der Waals surface area contributed by atoms with Gasteiger partial charge in [0.1, 0.15) is 11.5 Å². The Labute approximate surface area is 122 Å². The average Bonchev–Trinajstić information content (AvgIpc) is 2.52. The minimum Gasteiger partial charge on any atom is -0.497 e. The molecule has 0 radical (unpaired) electrons. The van der Waals surface area contributed by atoms with Gasteiger partial charge in [-0.05, 0) is 18.2 Å². The molecule has 21 heavy (non-hydrogen) atoms. The Morgan fingerprint density at radius 1 is 1.29 bits per heavy atom. The van der Waals surface area contributed by atoms with E-state index >= 15 is 0 Å². The third-order valence-corrected chi connectivity index (χ3v) is 2.42. The Morgan fingerprint density at radius 3 is 2.67 bits per heavy atom. The molecule has 7 heteroatoms. The van der Waals surface area contributed by atoms with Crippen LogP contribution in [0.4, 0.5) is 0 Å². The predicted octanol–water partition coefficient (Wildman–Crippen LogP) is 0.456. The Hall–Kier alpha value is -2.83. The highest BCUT2D eigenvalue weighted by atomic mass is 16.5. The first kappa shape index (κ1) is 16.2. The van der Waals surface area contributed by atoms with Crippen LogP contribution >= 0.6 is 0 Å². The molecule has 2 amide bonds. The number of amides is 2. The van der Waals surface area contributed by atoms with Crippen molar-refractivity contribution in [3.05, 3.63) is 36.4 Å². The van der Waals surface area contributed by atoms with Crippen LogP contribution in [0.2, 0.25) is 0 Å². The van der Waals surface area contributed by atoms with Crippen LogP contribution in [0.15, 0.2) is 36.0 Å². The number of rotatable bonds is 6. The third kappa shape index (κ3) is 4.98. The molecule has 0 unspecified atom stereocenters. The van der Waals surface area contributed by atoms with Crippen molar-refractivity contribution in [1.29, 1.82) is 0 Å². The lowest BCUT2D eigenvalue weighted by Gasteiger charge is -2.06. The highest BCUT2D eigenvalue weighted by Gasteiger charge is 2.10. The summed E-state index contributed by atoms with van der Waals surface area (Å²) in [6.45, 7) is 3.64. The van der Waals surface area contributed by atoms with E-state index in [1.165, 1.54) is 26.5 Å². The first-order valence-corrected chi connectivity index (χ1v) is 6.06. The largest absolute Gasteiger partial charge is 0.497 e. The second-order valence-corrected chi connectivity index (χ2v) is 3.81. The van der Waals surface area contributed by atoms with Crippen LogP contribution in [0.5, 0.6) is 11.5 Å². The van der Waals surface area contributed by atoms with Crippen LogP contribution < -0.4 is 20.2 Å². The quantitative estimate of drug-likeness (QED) is 0.345. The SMILES string of the molecule is C=CCNC(=O)C(=O)NN=Cc1cc(OC)ccc1OC. The van der Waals surface area contributed by atoms with E-state index in [0.717, 1.165) is 0 Å². The molecule has 1 aromatic rings. The van der Waals surface area contributed by atoms with E-state index < -0.39 is 11.8 Å². The van der Waals surface area contributed by atoms with Gasteiger partial charge in [-0.15, -0.1) is 6.58 Å². The van der Waals surface area contributed by atoms with E-state index in [0.29, 0.717) is 17.1 Å². The molecule has 1 aromatic carbocycles. The van der Waals surface area contributed by atoms with Gasteiger partial charge in [0, 0.05) is 12.1 Å². The van der Waals surface area contributed by atoms with E-state index in [4.69, 9.17) is 9.47 Å². The van der Waals surface area contributed by atoms with E-state index in [-0.39, 0.29) is 6.54 Å². The average molecular weight is 291 g/mol. The van der Waals surface area contributed by atoms with Gasteiger partial charge in [0.25, 0.3) is 0 Å². The molecule has 0 saturated heterocycles. The second kappa shape index (κ2) is 8.36. The maximum atomic E-state index is 11.4. The zero-order valence-corrected chi connectivity index (χ0v) is 11.9. The van der Waals surface area contributed by atoms with Gasteiger partial charge < -0.3 is 14.8 Å². The highest BCUT2D eigenvalue weighted by Crippen LogP contribution is 2.22. The molecule has 0 bridgehead atoms. The maximum Gasteiger partial charge on any atom is 0.329 e. The molecule has 0 aromatic heterocycles. The van der Waals surface area contributed by atoms with Crippen LogP contribution in [0.3, 0.4) is 0 Å². The van der Waals surface area contributed by atoms with Crippen LogP contribution in [0, 0.1) is 0 Å². The van der Waals surface area contributed by atoms with Gasteiger partial charge in [0.05, 0.1) is 20.4 Å². The van der Waals surface area contributed by atoms with Crippen molar-refractivity contribution in [2.24, 2.45) is 5.10 Å². The molecule has 112 valence electrons. The number of methoxy groups -OCH3 is 2.